The third-order valence-corrected chi connectivity index (χ3v) is 0.358. The van der Waals surface area contributed by atoms with Crippen LogP contribution in [0.4, 0.5) is 0 Å². The van der Waals surface area contributed by atoms with Gasteiger partial charge in [0.05, 0.1) is 6.42 Å². The first-order valence-electron chi connectivity index (χ1n) is 1.69. The molecule has 0 aromatic heterocycles. The number of carboxylic acid groups (broad SMARTS) is 1. The van der Waals surface area contributed by atoms with Gasteiger partial charge in [0, 0.05) is 6.54 Å². The molecule has 0 radical (unpaired) electrons. The molecule has 0 bridgehead atoms. The van der Waals surface area contributed by atoms with Crippen LogP contribution in [0.2, 0.25) is 0 Å². The van der Waals surface area contributed by atoms with E-state index in [0.717, 1.165) is 0 Å². The minimum atomic E-state index is -0.836. The Morgan fingerprint density at radius 1 is 1.71 bits per heavy atom. The summed E-state index contributed by atoms with van der Waals surface area (Å²) in [6, 6.07) is 0. The SMILES string of the molecule is NCCC(=O)O.[KH]. The van der Waals surface area contributed by atoms with E-state index in [-0.39, 0.29) is 64.4 Å². The van der Waals surface area contributed by atoms with Crippen LogP contribution >= 0.6 is 0 Å². The Hall–Kier alpha value is 1.07. The van der Waals surface area contributed by atoms with Crippen molar-refractivity contribution >= 4 is 57.4 Å². The van der Waals surface area contributed by atoms with E-state index in [2.05, 4.69) is 0 Å². The van der Waals surface area contributed by atoms with Crippen LogP contribution in [-0.2, 0) is 4.79 Å². The molecule has 0 saturated heterocycles. The molecule has 0 aromatic rings. The van der Waals surface area contributed by atoms with Gasteiger partial charge in [0.25, 0.3) is 0 Å². The van der Waals surface area contributed by atoms with Crippen molar-refractivity contribution in [2.75, 3.05) is 6.54 Å². The molecule has 38 valence electrons. The minimum absolute atomic E-state index is 0. The first kappa shape index (κ1) is 10.9. The second-order valence-corrected chi connectivity index (χ2v) is 0.932. The first-order valence-corrected chi connectivity index (χ1v) is 1.69. The summed E-state index contributed by atoms with van der Waals surface area (Å²) in [5, 5.41) is 7.83. The zero-order valence-electron chi connectivity index (χ0n) is 3.35. The molecule has 7 heavy (non-hydrogen) atoms. The average Bonchev–Trinajstić information content (AvgIpc) is 1.35. The molecule has 3 N–H and O–H groups in total. The quantitative estimate of drug-likeness (QED) is 0.459. The van der Waals surface area contributed by atoms with Crippen LogP contribution in [0.1, 0.15) is 6.42 Å². The Balaban J connectivity index is 0. The summed E-state index contributed by atoms with van der Waals surface area (Å²) in [7, 11) is 0. The van der Waals surface area contributed by atoms with E-state index in [9.17, 15) is 4.79 Å². The summed E-state index contributed by atoms with van der Waals surface area (Å²) < 4.78 is 0. The molecule has 0 fully saturated rings. The molecule has 0 amide bonds. The van der Waals surface area contributed by atoms with Gasteiger partial charge in [-0.25, -0.2) is 0 Å². The van der Waals surface area contributed by atoms with Gasteiger partial charge in [-0.05, 0) is 0 Å². The Kier molecular flexibility index (Phi) is 11.0. The van der Waals surface area contributed by atoms with Crippen molar-refractivity contribution in [3.05, 3.63) is 0 Å². The van der Waals surface area contributed by atoms with E-state index < -0.39 is 5.97 Å². The standard InChI is InChI=1S/C3H7NO2.K.H/c4-2-1-3(5)6;;/h1-2,4H2,(H,5,6);;. The number of carboxylic acids is 1. The number of hydrogen-bond acceptors (Lipinski definition) is 2. The zero-order chi connectivity index (χ0) is 4.99. The summed E-state index contributed by atoms with van der Waals surface area (Å²) >= 11 is 0. The summed E-state index contributed by atoms with van der Waals surface area (Å²) in [5.41, 5.74) is 4.85. The Morgan fingerprint density at radius 3 is 2.14 bits per heavy atom. The molecule has 0 aliphatic heterocycles. The van der Waals surface area contributed by atoms with Crippen molar-refractivity contribution in [2.45, 2.75) is 6.42 Å². The van der Waals surface area contributed by atoms with E-state index >= 15 is 0 Å². The second kappa shape index (κ2) is 7.07. The predicted molar refractivity (Wildman–Crippen MR) is 28.5 cm³/mol. The Labute approximate surface area is 84.7 Å². The fourth-order valence-corrected chi connectivity index (χ4v) is 0.123. The molecule has 0 atom stereocenters. The van der Waals surface area contributed by atoms with Gasteiger partial charge in [-0.2, -0.15) is 0 Å². The van der Waals surface area contributed by atoms with Gasteiger partial charge < -0.3 is 10.8 Å². The summed E-state index contributed by atoms with van der Waals surface area (Å²) in [6.07, 6.45) is 0.0694. The normalized spacial score (nSPS) is 7.00. The van der Waals surface area contributed by atoms with E-state index in [1.165, 1.54) is 0 Å². The third kappa shape index (κ3) is 11.0. The van der Waals surface area contributed by atoms with Crippen LogP contribution in [0, 0.1) is 0 Å². The first-order chi connectivity index (χ1) is 2.77. The summed E-state index contributed by atoms with van der Waals surface area (Å²) in [5.74, 6) is -0.836. The molecular formula is C3H8KNO2. The summed E-state index contributed by atoms with van der Waals surface area (Å²) in [4.78, 5) is 9.52. The van der Waals surface area contributed by atoms with E-state index in [1.54, 1.807) is 0 Å². The van der Waals surface area contributed by atoms with Crippen molar-refractivity contribution in [3.8, 4) is 0 Å². The maximum absolute atomic E-state index is 9.52. The predicted octanol–water partition coefficient (Wildman–Crippen LogP) is -1.23. The van der Waals surface area contributed by atoms with Gasteiger partial charge in [0.15, 0.2) is 0 Å². The molecule has 3 nitrogen and oxygen atoms in total. The number of carbonyl (C=O) groups is 1. The van der Waals surface area contributed by atoms with Gasteiger partial charge in [0.2, 0.25) is 0 Å². The van der Waals surface area contributed by atoms with Crippen LogP contribution in [0.15, 0.2) is 0 Å². The van der Waals surface area contributed by atoms with Gasteiger partial charge in [0.1, 0.15) is 0 Å². The molecular weight excluding hydrogens is 121 g/mol. The van der Waals surface area contributed by atoms with Crippen LogP contribution in [0.5, 0.6) is 0 Å². The Bertz CT molecular complexity index is 56.9. The van der Waals surface area contributed by atoms with Crippen LogP contribution in [-0.4, -0.2) is 69.0 Å². The molecule has 0 rings (SSSR count). The van der Waals surface area contributed by atoms with Crippen LogP contribution in [0.25, 0.3) is 0 Å². The second-order valence-electron chi connectivity index (χ2n) is 0.932. The topological polar surface area (TPSA) is 63.3 Å². The van der Waals surface area contributed by atoms with Crippen molar-refractivity contribution in [2.24, 2.45) is 5.73 Å². The fraction of sp³-hybridized carbons (Fsp3) is 0.667. The van der Waals surface area contributed by atoms with Gasteiger partial charge in [-0.1, -0.05) is 0 Å². The summed E-state index contributed by atoms with van der Waals surface area (Å²) in [6.45, 7) is 0.231. The number of hydrogen-bond donors (Lipinski definition) is 2. The molecule has 0 aliphatic rings. The maximum atomic E-state index is 9.52. The van der Waals surface area contributed by atoms with Crippen LogP contribution in [0.3, 0.4) is 0 Å². The average molecular weight is 129 g/mol. The number of rotatable bonds is 2. The molecule has 4 heteroatoms. The van der Waals surface area contributed by atoms with Crippen molar-refractivity contribution in [1.82, 2.24) is 0 Å². The molecule has 0 saturated carbocycles. The van der Waals surface area contributed by atoms with E-state index in [4.69, 9.17) is 10.8 Å². The van der Waals surface area contributed by atoms with Crippen LogP contribution < -0.4 is 5.73 Å². The number of nitrogens with two attached hydrogens (primary N) is 1. The van der Waals surface area contributed by atoms with E-state index in [0.29, 0.717) is 0 Å². The van der Waals surface area contributed by atoms with Crippen molar-refractivity contribution in [1.29, 1.82) is 0 Å². The van der Waals surface area contributed by atoms with Crippen molar-refractivity contribution in [3.63, 3.8) is 0 Å². The van der Waals surface area contributed by atoms with Crippen molar-refractivity contribution < 1.29 is 9.90 Å². The fourth-order valence-electron chi connectivity index (χ4n) is 0.123. The molecule has 0 heterocycles. The third-order valence-electron chi connectivity index (χ3n) is 0.358. The van der Waals surface area contributed by atoms with Gasteiger partial charge >= 0.3 is 57.4 Å². The van der Waals surface area contributed by atoms with E-state index in [1.807, 2.05) is 0 Å². The zero-order valence-corrected chi connectivity index (χ0v) is 3.35. The van der Waals surface area contributed by atoms with Gasteiger partial charge in [-0.3, -0.25) is 4.79 Å². The monoisotopic (exact) mass is 129 g/mol. The number of aliphatic carboxylic acids is 1. The van der Waals surface area contributed by atoms with Gasteiger partial charge in [-0.15, -0.1) is 0 Å². The molecule has 0 unspecified atom stereocenters. The molecule has 0 spiro atoms. The Morgan fingerprint density at radius 2 is 2.14 bits per heavy atom. The molecule has 0 aromatic carbocycles. The molecule has 0 aliphatic carbocycles.